The Morgan fingerprint density at radius 1 is 1.00 bits per heavy atom. The number of allylic oxidation sites excluding steroid dienone is 1. The van der Waals surface area contributed by atoms with Gasteiger partial charge in [-0.05, 0) is 74.5 Å². The van der Waals surface area contributed by atoms with Gasteiger partial charge in [-0.1, -0.05) is 36.4 Å². The van der Waals surface area contributed by atoms with Gasteiger partial charge in [0.05, 0.1) is 6.61 Å². The summed E-state index contributed by atoms with van der Waals surface area (Å²) in [4.78, 5) is 0. The zero-order valence-corrected chi connectivity index (χ0v) is 16.8. The van der Waals surface area contributed by atoms with Crippen molar-refractivity contribution in [3.63, 3.8) is 0 Å². The highest BCUT2D eigenvalue weighted by atomic mass is 19.2. The van der Waals surface area contributed by atoms with Crippen LogP contribution < -0.4 is 0 Å². The number of ether oxygens (including phenoxy) is 1. The summed E-state index contributed by atoms with van der Waals surface area (Å²) in [5.41, 5.74) is 2.48. The van der Waals surface area contributed by atoms with Crippen molar-refractivity contribution in [2.75, 3.05) is 6.61 Å². The molecule has 1 atom stereocenters. The Morgan fingerprint density at radius 3 is 2.41 bits per heavy atom. The lowest BCUT2D eigenvalue weighted by Crippen LogP contribution is -2.14. The molecule has 4 rings (SSSR count). The average molecular weight is 400 g/mol. The molecule has 0 spiro atoms. The van der Waals surface area contributed by atoms with Gasteiger partial charge in [0, 0.05) is 11.1 Å². The normalized spacial score (nSPS) is 24.2. The smallest absolute Gasteiger partial charge is 0.166 e. The van der Waals surface area contributed by atoms with Gasteiger partial charge < -0.3 is 4.74 Å². The third kappa shape index (κ3) is 4.58. The van der Waals surface area contributed by atoms with Crippen molar-refractivity contribution < 1.29 is 17.9 Å². The van der Waals surface area contributed by atoms with Gasteiger partial charge in [-0.15, -0.1) is 0 Å². The second-order valence-corrected chi connectivity index (χ2v) is 8.30. The Hall–Kier alpha value is -2.07. The lowest BCUT2D eigenvalue weighted by atomic mass is 9.76. The molecule has 0 bridgehead atoms. The van der Waals surface area contributed by atoms with Crippen LogP contribution in [0.1, 0.15) is 73.3 Å². The first kappa shape index (κ1) is 20.2. The minimum Gasteiger partial charge on any atom is -0.368 e. The van der Waals surface area contributed by atoms with Crippen LogP contribution in [0, 0.1) is 23.4 Å². The summed E-state index contributed by atoms with van der Waals surface area (Å²) in [5, 5.41) is 0. The minimum atomic E-state index is -0.758. The van der Waals surface area contributed by atoms with E-state index in [0.29, 0.717) is 41.6 Å². The van der Waals surface area contributed by atoms with Crippen molar-refractivity contribution in [3.8, 4) is 0 Å². The number of aryl methyl sites for hydroxylation is 1. The number of epoxide rings is 1. The average Bonchev–Trinajstić information content (AvgIpc) is 3.56. The van der Waals surface area contributed by atoms with Gasteiger partial charge in [0.25, 0.3) is 0 Å². The van der Waals surface area contributed by atoms with Crippen molar-refractivity contribution in [1.82, 2.24) is 0 Å². The maximum absolute atomic E-state index is 14.3. The van der Waals surface area contributed by atoms with Gasteiger partial charge in [0.1, 0.15) is 11.9 Å². The second-order valence-electron chi connectivity index (χ2n) is 8.30. The fourth-order valence-electron chi connectivity index (χ4n) is 4.54. The van der Waals surface area contributed by atoms with Crippen LogP contribution in [0.5, 0.6) is 0 Å². The van der Waals surface area contributed by atoms with E-state index in [9.17, 15) is 13.2 Å². The lowest BCUT2D eigenvalue weighted by Gasteiger charge is -2.29. The molecule has 1 nitrogen and oxygen atoms in total. The number of rotatable bonds is 6. The molecule has 4 heteroatoms. The highest BCUT2D eigenvalue weighted by molar-refractivity contribution is 5.50. The number of hydrogen-bond acceptors (Lipinski definition) is 1. The topological polar surface area (TPSA) is 12.5 Å². The minimum absolute atomic E-state index is 0.0583. The molecule has 0 aromatic heterocycles. The van der Waals surface area contributed by atoms with E-state index in [0.717, 1.165) is 37.7 Å². The molecular formula is C25H27F3O. The highest BCUT2D eigenvalue weighted by Crippen LogP contribution is 2.39. The zero-order chi connectivity index (χ0) is 20.4. The molecule has 0 amide bonds. The fourth-order valence-corrected chi connectivity index (χ4v) is 4.54. The summed E-state index contributed by atoms with van der Waals surface area (Å²) in [7, 11) is 0. The number of hydrogen-bond donors (Lipinski definition) is 0. The Morgan fingerprint density at radius 2 is 1.76 bits per heavy atom. The van der Waals surface area contributed by atoms with Crippen molar-refractivity contribution in [2.45, 2.75) is 57.5 Å². The Balaban J connectivity index is 1.31. The van der Waals surface area contributed by atoms with E-state index < -0.39 is 11.6 Å². The standard InChI is InChI=1S/C25H27F3O/c1-2-3-18-10-11-19(25(28)24(18)27)9-6-16-4-7-17(8-5-16)20-12-13-21(22(26)14-20)23-15-29-23/h2-3,10-14,16-17,23H,4-9,15H2,1H3/b3-2+. The van der Waals surface area contributed by atoms with E-state index in [-0.39, 0.29) is 11.9 Å². The summed E-state index contributed by atoms with van der Waals surface area (Å²) in [6.45, 7) is 2.40. The molecular weight excluding hydrogens is 373 g/mol. The van der Waals surface area contributed by atoms with Crippen LogP contribution in [0.15, 0.2) is 36.4 Å². The molecule has 0 radical (unpaired) electrons. The molecule has 29 heavy (non-hydrogen) atoms. The highest BCUT2D eigenvalue weighted by Gasteiger charge is 2.29. The summed E-state index contributed by atoms with van der Waals surface area (Å²) in [5.74, 6) is -0.751. The fraction of sp³-hybridized carbons (Fsp3) is 0.440. The summed E-state index contributed by atoms with van der Waals surface area (Å²) in [6.07, 6.45) is 8.75. The Bertz CT molecular complexity index is 893. The first-order valence-electron chi connectivity index (χ1n) is 10.6. The predicted octanol–water partition coefficient (Wildman–Crippen LogP) is 7.11. The number of halogens is 3. The summed E-state index contributed by atoms with van der Waals surface area (Å²) >= 11 is 0. The van der Waals surface area contributed by atoms with E-state index in [4.69, 9.17) is 4.74 Å². The molecule has 154 valence electrons. The molecule has 2 aromatic carbocycles. The molecule has 2 aliphatic rings. The Labute approximate surface area is 170 Å². The monoisotopic (exact) mass is 400 g/mol. The summed E-state index contributed by atoms with van der Waals surface area (Å²) in [6, 6.07) is 8.92. The van der Waals surface area contributed by atoms with Crippen LogP contribution in [0.25, 0.3) is 6.08 Å². The molecule has 0 N–H and O–H groups in total. The van der Waals surface area contributed by atoms with Crippen molar-refractivity contribution in [2.24, 2.45) is 5.92 Å². The molecule has 1 aliphatic heterocycles. The van der Waals surface area contributed by atoms with Crippen LogP contribution in [-0.4, -0.2) is 6.61 Å². The van der Waals surface area contributed by atoms with Gasteiger partial charge in [-0.2, -0.15) is 0 Å². The van der Waals surface area contributed by atoms with E-state index in [1.165, 1.54) is 0 Å². The van der Waals surface area contributed by atoms with Gasteiger partial charge in [-0.25, -0.2) is 13.2 Å². The zero-order valence-electron chi connectivity index (χ0n) is 16.8. The summed E-state index contributed by atoms with van der Waals surface area (Å²) < 4.78 is 47.9. The maximum atomic E-state index is 14.3. The quantitative estimate of drug-likeness (QED) is 0.471. The van der Waals surface area contributed by atoms with Crippen LogP contribution in [-0.2, 0) is 11.2 Å². The van der Waals surface area contributed by atoms with Gasteiger partial charge in [-0.3, -0.25) is 0 Å². The first-order valence-corrected chi connectivity index (χ1v) is 10.6. The lowest BCUT2D eigenvalue weighted by molar-refractivity contribution is 0.308. The molecule has 2 fully saturated rings. The maximum Gasteiger partial charge on any atom is 0.166 e. The largest absolute Gasteiger partial charge is 0.368 e. The van der Waals surface area contributed by atoms with Crippen molar-refractivity contribution in [1.29, 1.82) is 0 Å². The molecule has 1 heterocycles. The first-order chi connectivity index (χ1) is 14.1. The van der Waals surface area contributed by atoms with Gasteiger partial charge in [0.2, 0.25) is 0 Å². The Kier molecular flexibility index (Phi) is 6.09. The van der Waals surface area contributed by atoms with E-state index in [2.05, 4.69) is 0 Å². The molecule has 1 unspecified atom stereocenters. The van der Waals surface area contributed by atoms with Crippen LogP contribution in [0.2, 0.25) is 0 Å². The molecule has 1 aliphatic carbocycles. The molecule has 2 aromatic rings. The van der Waals surface area contributed by atoms with Gasteiger partial charge >= 0.3 is 0 Å². The third-order valence-corrected chi connectivity index (χ3v) is 6.38. The molecule has 1 saturated carbocycles. The van der Waals surface area contributed by atoms with Crippen LogP contribution in [0.4, 0.5) is 13.2 Å². The second kappa shape index (κ2) is 8.74. The van der Waals surface area contributed by atoms with Crippen molar-refractivity contribution in [3.05, 3.63) is 76.1 Å². The SMILES string of the molecule is C/C=C/c1ccc(CCC2CCC(c3ccc(C4CO4)c(F)c3)CC2)c(F)c1F. The molecule has 1 saturated heterocycles. The van der Waals surface area contributed by atoms with Gasteiger partial charge in [0.15, 0.2) is 11.6 Å². The third-order valence-electron chi connectivity index (χ3n) is 6.38. The van der Waals surface area contributed by atoms with Crippen LogP contribution in [0.3, 0.4) is 0 Å². The van der Waals surface area contributed by atoms with E-state index in [1.807, 2.05) is 12.1 Å². The number of benzene rings is 2. The van der Waals surface area contributed by atoms with Crippen LogP contribution >= 0.6 is 0 Å². The van der Waals surface area contributed by atoms with Crippen molar-refractivity contribution >= 4 is 6.08 Å². The van der Waals surface area contributed by atoms with E-state index >= 15 is 0 Å². The van der Waals surface area contributed by atoms with E-state index in [1.54, 1.807) is 37.3 Å². The predicted molar refractivity (Wildman–Crippen MR) is 109 cm³/mol.